The molecule has 0 aliphatic heterocycles. The van der Waals surface area contributed by atoms with E-state index in [2.05, 4.69) is 12.1 Å². The van der Waals surface area contributed by atoms with Gasteiger partial charge in [0.2, 0.25) is 5.88 Å². The minimum atomic E-state index is 0.0550. The molecular formula is C16H18Cl2N2O. The molecule has 1 aromatic heterocycles. The number of benzene rings is 1. The maximum Gasteiger partial charge on any atom is 0.230 e. The Hall–Kier alpha value is -1.19. The van der Waals surface area contributed by atoms with Gasteiger partial charge in [0.25, 0.3) is 0 Å². The lowest BCUT2D eigenvalue weighted by atomic mass is 9.77. The molecule has 0 saturated heterocycles. The molecule has 21 heavy (non-hydrogen) atoms. The first kappa shape index (κ1) is 14.7. The third-order valence-electron chi connectivity index (χ3n) is 4.66. The summed E-state index contributed by atoms with van der Waals surface area (Å²) in [6, 6.07) is 5.42. The van der Waals surface area contributed by atoms with Crippen LogP contribution in [0.3, 0.4) is 0 Å². The molecule has 1 saturated carbocycles. The maximum atomic E-state index is 6.35. The summed E-state index contributed by atoms with van der Waals surface area (Å²) in [4.78, 5) is 0. The number of nitrogen functional groups attached to an aromatic ring is 1. The third kappa shape index (κ3) is 2.43. The van der Waals surface area contributed by atoms with Crippen molar-refractivity contribution in [3.05, 3.63) is 33.9 Å². The lowest BCUT2D eigenvalue weighted by Crippen LogP contribution is -2.22. The van der Waals surface area contributed by atoms with Crippen molar-refractivity contribution >= 4 is 29.1 Å². The Morgan fingerprint density at radius 3 is 2.62 bits per heavy atom. The molecule has 0 bridgehead atoms. The van der Waals surface area contributed by atoms with Crippen molar-refractivity contribution in [1.29, 1.82) is 0 Å². The van der Waals surface area contributed by atoms with Crippen LogP contribution in [0.1, 0.15) is 44.7 Å². The molecule has 1 fully saturated rings. The molecule has 3 nitrogen and oxygen atoms in total. The summed E-state index contributed by atoms with van der Waals surface area (Å²) in [6.07, 6.45) is 5.70. The second kappa shape index (κ2) is 5.54. The summed E-state index contributed by atoms with van der Waals surface area (Å²) in [5, 5.41) is 5.46. The average molecular weight is 325 g/mol. The molecule has 5 heteroatoms. The van der Waals surface area contributed by atoms with Crippen molar-refractivity contribution in [1.82, 2.24) is 5.16 Å². The Kier molecular flexibility index (Phi) is 3.89. The van der Waals surface area contributed by atoms with Crippen molar-refractivity contribution in [2.24, 2.45) is 0 Å². The Labute approximate surface area is 134 Å². The zero-order valence-electron chi connectivity index (χ0n) is 12.0. The van der Waals surface area contributed by atoms with E-state index in [1.165, 1.54) is 12.8 Å². The quantitative estimate of drug-likeness (QED) is 0.816. The fourth-order valence-electron chi connectivity index (χ4n) is 3.43. The van der Waals surface area contributed by atoms with E-state index in [9.17, 15) is 0 Å². The predicted octanol–water partition coefficient (Wildman–Crippen LogP) is 5.45. The molecule has 1 aliphatic rings. The van der Waals surface area contributed by atoms with Crippen LogP contribution in [0.25, 0.3) is 11.1 Å². The fraction of sp³-hybridized carbons (Fsp3) is 0.438. The first-order chi connectivity index (χ1) is 10.1. The maximum absolute atomic E-state index is 6.35. The largest absolute Gasteiger partial charge is 0.367 e. The second-order valence-corrected chi connectivity index (χ2v) is 6.58. The molecule has 1 heterocycles. The van der Waals surface area contributed by atoms with Gasteiger partial charge in [0.15, 0.2) is 0 Å². The van der Waals surface area contributed by atoms with E-state index >= 15 is 0 Å². The van der Waals surface area contributed by atoms with E-state index in [0.29, 0.717) is 15.9 Å². The molecule has 0 radical (unpaired) electrons. The topological polar surface area (TPSA) is 52.0 Å². The number of nitrogens with two attached hydrogens (primary N) is 1. The number of nitrogens with zero attached hydrogens (tertiary/aromatic N) is 1. The van der Waals surface area contributed by atoms with E-state index < -0.39 is 0 Å². The van der Waals surface area contributed by atoms with Crippen LogP contribution < -0.4 is 5.73 Å². The number of rotatable bonds is 3. The zero-order valence-corrected chi connectivity index (χ0v) is 13.5. The van der Waals surface area contributed by atoms with Crippen LogP contribution >= 0.6 is 23.2 Å². The van der Waals surface area contributed by atoms with Gasteiger partial charge >= 0.3 is 0 Å². The van der Waals surface area contributed by atoms with Crippen molar-refractivity contribution < 1.29 is 4.52 Å². The molecule has 0 unspecified atom stereocenters. The van der Waals surface area contributed by atoms with Crippen molar-refractivity contribution in [3.63, 3.8) is 0 Å². The highest BCUT2D eigenvalue weighted by molar-refractivity contribution is 6.36. The van der Waals surface area contributed by atoms with Crippen molar-refractivity contribution in [3.8, 4) is 11.1 Å². The molecular weight excluding hydrogens is 307 g/mol. The van der Waals surface area contributed by atoms with E-state index in [0.717, 1.165) is 36.1 Å². The smallest absolute Gasteiger partial charge is 0.230 e. The molecule has 2 aromatic rings. The van der Waals surface area contributed by atoms with Gasteiger partial charge in [-0.25, -0.2) is 0 Å². The summed E-state index contributed by atoms with van der Waals surface area (Å²) in [5.74, 6) is 0.328. The van der Waals surface area contributed by atoms with Gasteiger partial charge in [-0.05, 0) is 31.4 Å². The van der Waals surface area contributed by atoms with Gasteiger partial charge in [-0.1, -0.05) is 54.2 Å². The van der Waals surface area contributed by atoms with Crippen LogP contribution in [0.2, 0.25) is 10.0 Å². The number of hydrogen-bond acceptors (Lipinski definition) is 3. The van der Waals surface area contributed by atoms with E-state index in [1.54, 1.807) is 6.07 Å². The Balaban J connectivity index is 2.17. The average Bonchev–Trinajstić information content (AvgIpc) is 3.07. The van der Waals surface area contributed by atoms with E-state index in [-0.39, 0.29) is 5.41 Å². The van der Waals surface area contributed by atoms with Gasteiger partial charge in [-0.3, -0.25) is 0 Å². The minimum Gasteiger partial charge on any atom is -0.367 e. The molecule has 0 amide bonds. The lowest BCUT2D eigenvalue weighted by molar-refractivity contribution is 0.361. The first-order valence-electron chi connectivity index (χ1n) is 7.28. The molecule has 0 spiro atoms. The zero-order chi connectivity index (χ0) is 15.0. The van der Waals surface area contributed by atoms with Gasteiger partial charge in [0.1, 0.15) is 0 Å². The molecule has 0 atom stereocenters. The summed E-state index contributed by atoms with van der Waals surface area (Å²) in [7, 11) is 0. The van der Waals surface area contributed by atoms with Crippen LogP contribution in [-0.2, 0) is 5.41 Å². The number of anilines is 1. The lowest BCUT2D eigenvalue weighted by Gasteiger charge is -2.26. The normalized spacial score (nSPS) is 17.3. The monoisotopic (exact) mass is 324 g/mol. The van der Waals surface area contributed by atoms with Crippen LogP contribution in [-0.4, -0.2) is 5.16 Å². The predicted molar refractivity (Wildman–Crippen MR) is 86.8 cm³/mol. The highest BCUT2D eigenvalue weighted by Gasteiger charge is 2.40. The van der Waals surface area contributed by atoms with Crippen LogP contribution in [0.5, 0.6) is 0 Å². The number of aromatic nitrogens is 1. The number of hydrogen-bond donors (Lipinski definition) is 1. The van der Waals surface area contributed by atoms with Gasteiger partial charge in [0.05, 0.1) is 16.3 Å². The minimum absolute atomic E-state index is 0.0550. The molecule has 112 valence electrons. The van der Waals surface area contributed by atoms with Crippen molar-refractivity contribution in [2.45, 2.75) is 44.4 Å². The summed E-state index contributed by atoms with van der Waals surface area (Å²) in [5.41, 5.74) is 8.72. The SMILES string of the molecule is CCC1(c2noc(N)c2-c2ccc(Cl)cc2Cl)CCCC1. The van der Waals surface area contributed by atoms with Crippen LogP contribution in [0, 0.1) is 0 Å². The summed E-state index contributed by atoms with van der Waals surface area (Å²) < 4.78 is 5.31. The van der Waals surface area contributed by atoms with E-state index in [1.807, 2.05) is 12.1 Å². The van der Waals surface area contributed by atoms with Gasteiger partial charge in [-0.15, -0.1) is 0 Å². The Morgan fingerprint density at radius 1 is 1.29 bits per heavy atom. The standard InChI is InChI=1S/C16H18Cl2N2O/c1-2-16(7-3-4-8-16)14-13(15(19)21-20-14)11-6-5-10(17)9-12(11)18/h5-6,9H,2-4,7-8,19H2,1H3. The van der Waals surface area contributed by atoms with Gasteiger partial charge < -0.3 is 10.3 Å². The van der Waals surface area contributed by atoms with Gasteiger partial charge in [0, 0.05) is 16.0 Å². The summed E-state index contributed by atoms with van der Waals surface area (Å²) in [6.45, 7) is 2.20. The molecule has 1 aliphatic carbocycles. The van der Waals surface area contributed by atoms with Crippen LogP contribution in [0.15, 0.2) is 22.7 Å². The fourth-order valence-corrected chi connectivity index (χ4v) is 3.93. The second-order valence-electron chi connectivity index (χ2n) is 5.74. The Morgan fingerprint density at radius 2 is 2.00 bits per heavy atom. The number of halogens is 2. The van der Waals surface area contributed by atoms with E-state index in [4.69, 9.17) is 33.5 Å². The summed E-state index contributed by atoms with van der Waals surface area (Å²) >= 11 is 12.3. The highest BCUT2D eigenvalue weighted by atomic mass is 35.5. The Bertz CT molecular complexity index is 660. The third-order valence-corrected chi connectivity index (χ3v) is 5.21. The molecule has 1 aromatic carbocycles. The van der Waals surface area contributed by atoms with Gasteiger partial charge in [-0.2, -0.15) is 0 Å². The highest BCUT2D eigenvalue weighted by Crippen LogP contribution is 2.49. The molecule has 2 N–H and O–H groups in total. The molecule has 3 rings (SSSR count). The van der Waals surface area contributed by atoms with Crippen molar-refractivity contribution in [2.75, 3.05) is 5.73 Å². The van der Waals surface area contributed by atoms with Crippen LogP contribution in [0.4, 0.5) is 5.88 Å². The first-order valence-corrected chi connectivity index (χ1v) is 8.04.